The van der Waals surface area contributed by atoms with Crippen LogP contribution in [-0.4, -0.2) is 21.0 Å². The van der Waals surface area contributed by atoms with Crippen LogP contribution >= 0.6 is 0 Å². The van der Waals surface area contributed by atoms with E-state index in [9.17, 15) is 9.90 Å². The largest absolute Gasteiger partial charge is 0.475 e. The Hall–Kier alpha value is -1.45. The first-order valence-electron chi connectivity index (χ1n) is 7.63. The predicted molar refractivity (Wildman–Crippen MR) is 73.6 cm³/mol. The van der Waals surface area contributed by atoms with Crippen molar-refractivity contribution in [3.8, 4) is 0 Å². The third kappa shape index (κ3) is 1.77. The summed E-state index contributed by atoms with van der Waals surface area (Å²) in [7, 11) is 0. The lowest BCUT2D eigenvalue weighted by atomic mass is 9.49. The van der Waals surface area contributed by atoms with E-state index in [0.29, 0.717) is 0 Å². The molecule has 4 bridgehead atoms. The van der Waals surface area contributed by atoms with Gasteiger partial charge >= 0.3 is 5.97 Å². The van der Waals surface area contributed by atoms with Gasteiger partial charge in [0.1, 0.15) is 0 Å². The molecule has 0 aromatic carbocycles. The molecule has 5 rings (SSSR count). The van der Waals surface area contributed by atoms with E-state index < -0.39 is 5.97 Å². The number of aryl methyl sites for hydroxylation is 1. The molecule has 4 heteroatoms. The molecular formula is C16H20N2O2. The minimum atomic E-state index is -1.01. The lowest BCUT2D eigenvalue weighted by Crippen LogP contribution is -2.49. The van der Waals surface area contributed by atoms with Crippen molar-refractivity contribution in [3.05, 3.63) is 23.3 Å². The molecule has 106 valence electrons. The molecule has 1 N–H and O–H groups in total. The Morgan fingerprint density at radius 3 is 2.20 bits per heavy atom. The average molecular weight is 272 g/mol. The van der Waals surface area contributed by atoms with Crippen LogP contribution in [0.5, 0.6) is 0 Å². The summed E-state index contributed by atoms with van der Waals surface area (Å²) in [5.41, 5.74) is 1.93. The Balaban J connectivity index is 1.78. The number of rotatable bonds is 2. The van der Waals surface area contributed by atoms with E-state index in [0.717, 1.165) is 29.1 Å². The maximum absolute atomic E-state index is 11.2. The molecule has 1 heterocycles. The second-order valence-corrected chi connectivity index (χ2v) is 7.22. The molecule has 0 spiro atoms. The molecule has 1 aromatic rings. The molecule has 4 fully saturated rings. The van der Waals surface area contributed by atoms with Gasteiger partial charge in [0.2, 0.25) is 5.82 Å². The highest BCUT2D eigenvalue weighted by Crippen LogP contribution is 2.60. The van der Waals surface area contributed by atoms with Crippen molar-refractivity contribution in [1.82, 2.24) is 9.97 Å². The number of carboxylic acids is 1. The molecular weight excluding hydrogens is 252 g/mol. The monoisotopic (exact) mass is 272 g/mol. The fourth-order valence-electron chi connectivity index (χ4n) is 5.36. The smallest absolute Gasteiger partial charge is 0.373 e. The third-order valence-electron chi connectivity index (χ3n) is 5.63. The van der Waals surface area contributed by atoms with Gasteiger partial charge in [-0.3, -0.25) is 0 Å². The Kier molecular flexibility index (Phi) is 2.48. The van der Waals surface area contributed by atoms with Gasteiger partial charge in [-0.05, 0) is 69.3 Å². The van der Waals surface area contributed by atoms with E-state index >= 15 is 0 Å². The molecule has 0 aliphatic heterocycles. The van der Waals surface area contributed by atoms with Crippen molar-refractivity contribution in [2.75, 3.05) is 0 Å². The van der Waals surface area contributed by atoms with Crippen molar-refractivity contribution in [2.24, 2.45) is 17.8 Å². The molecule has 0 atom stereocenters. The van der Waals surface area contributed by atoms with Gasteiger partial charge in [0.15, 0.2) is 0 Å². The molecule has 20 heavy (non-hydrogen) atoms. The summed E-state index contributed by atoms with van der Waals surface area (Å²) in [6, 6.07) is 2.03. The summed E-state index contributed by atoms with van der Waals surface area (Å²) >= 11 is 0. The number of carboxylic acid groups (broad SMARTS) is 1. The van der Waals surface area contributed by atoms with Gasteiger partial charge < -0.3 is 5.11 Å². The van der Waals surface area contributed by atoms with E-state index in [1.54, 1.807) is 0 Å². The van der Waals surface area contributed by atoms with Gasteiger partial charge in [-0.2, -0.15) is 0 Å². The molecule has 0 saturated heterocycles. The van der Waals surface area contributed by atoms with Gasteiger partial charge in [-0.15, -0.1) is 0 Å². The molecule has 1 aromatic heterocycles. The van der Waals surface area contributed by atoms with Crippen LogP contribution in [0.1, 0.15) is 60.5 Å². The van der Waals surface area contributed by atoms with Crippen molar-refractivity contribution in [3.63, 3.8) is 0 Å². The summed E-state index contributed by atoms with van der Waals surface area (Å²) in [6.07, 6.45) is 7.76. The fourth-order valence-corrected chi connectivity index (χ4v) is 5.36. The first kappa shape index (κ1) is 12.3. The number of hydrogen-bond acceptors (Lipinski definition) is 3. The topological polar surface area (TPSA) is 63.1 Å². The zero-order valence-corrected chi connectivity index (χ0v) is 11.8. The molecule has 4 aliphatic carbocycles. The highest BCUT2D eigenvalue weighted by molar-refractivity contribution is 5.83. The summed E-state index contributed by atoms with van der Waals surface area (Å²) in [5.74, 6) is 1.47. The molecule has 4 nitrogen and oxygen atoms in total. The quantitative estimate of drug-likeness (QED) is 0.899. The Labute approximate surface area is 118 Å². The molecule has 0 radical (unpaired) electrons. The number of carbonyl (C=O) groups is 1. The first-order valence-corrected chi connectivity index (χ1v) is 7.63. The van der Waals surface area contributed by atoms with E-state index in [-0.39, 0.29) is 11.2 Å². The van der Waals surface area contributed by atoms with Crippen molar-refractivity contribution >= 4 is 5.97 Å². The van der Waals surface area contributed by atoms with E-state index in [2.05, 4.69) is 9.97 Å². The summed E-state index contributed by atoms with van der Waals surface area (Å²) in [4.78, 5) is 19.7. The van der Waals surface area contributed by atoms with Crippen LogP contribution in [0.2, 0.25) is 0 Å². The van der Waals surface area contributed by atoms with Gasteiger partial charge in [0.05, 0.1) is 5.69 Å². The van der Waals surface area contributed by atoms with Crippen LogP contribution in [0.15, 0.2) is 6.07 Å². The van der Waals surface area contributed by atoms with Crippen molar-refractivity contribution < 1.29 is 9.90 Å². The van der Waals surface area contributed by atoms with Crippen molar-refractivity contribution in [2.45, 2.75) is 50.9 Å². The highest BCUT2D eigenvalue weighted by Gasteiger charge is 2.52. The Morgan fingerprint density at radius 1 is 1.15 bits per heavy atom. The van der Waals surface area contributed by atoms with Crippen LogP contribution in [0.4, 0.5) is 0 Å². The van der Waals surface area contributed by atoms with Gasteiger partial charge in [-0.1, -0.05) is 0 Å². The standard InChI is InChI=1S/C16H20N2O2/c1-9-2-13(18-14(17-9)15(19)20)16-6-10-3-11(7-16)5-12(4-10)8-16/h2,10-12H,3-8H2,1H3,(H,19,20). The zero-order valence-electron chi connectivity index (χ0n) is 11.8. The summed E-state index contributed by atoms with van der Waals surface area (Å²) in [5, 5.41) is 9.19. The number of nitrogens with zero attached hydrogens (tertiary/aromatic N) is 2. The lowest BCUT2D eigenvalue weighted by Gasteiger charge is -2.56. The highest BCUT2D eigenvalue weighted by atomic mass is 16.4. The minimum absolute atomic E-state index is 0.0317. The maximum Gasteiger partial charge on any atom is 0.373 e. The normalized spacial score (nSPS) is 38.1. The number of aromatic carboxylic acids is 1. The molecule has 4 saturated carbocycles. The van der Waals surface area contributed by atoms with E-state index in [1.165, 1.54) is 38.5 Å². The fraction of sp³-hybridized carbons (Fsp3) is 0.688. The minimum Gasteiger partial charge on any atom is -0.475 e. The van der Waals surface area contributed by atoms with Gasteiger partial charge in [-0.25, -0.2) is 14.8 Å². The van der Waals surface area contributed by atoms with Crippen LogP contribution < -0.4 is 0 Å². The summed E-state index contributed by atoms with van der Waals surface area (Å²) in [6.45, 7) is 1.87. The Morgan fingerprint density at radius 2 is 1.70 bits per heavy atom. The number of hydrogen-bond donors (Lipinski definition) is 1. The van der Waals surface area contributed by atoms with Gasteiger partial charge in [0, 0.05) is 11.1 Å². The van der Waals surface area contributed by atoms with E-state index in [1.807, 2.05) is 13.0 Å². The first-order chi connectivity index (χ1) is 9.54. The third-order valence-corrected chi connectivity index (χ3v) is 5.63. The van der Waals surface area contributed by atoms with Crippen LogP contribution in [-0.2, 0) is 5.41 Å². The van der Waals surface area contributed by atoms with Gasteiger partial charge in [0.25, 0.3) is 0 Å². The zero-order chi connectivity index (χ0) is 13.9. The van der Waals surface area contributed by atoms with Crippen LogP contribution in [0.25, 0.3) is 0 Å². The second-order valence-electron chi connectivity index (χ2n) is 7.22. The predicted octanol–water partition coefficient (Wildman–Crippen LogP) is 2.95. The number of aromatic nitrogens is 2. The summed E-state index contributed by atoms with van der Waals surface area (Å²) < 4.78 is 0. The lowest BCUT2D eigenvalue weighted by molar-refractivity contribution is -0.00740. The molecule has 0 amide bonds. The SMILES string of the molecule is Cc1cc(C23CC4CC(CC(C4)C2)C3)nc(C(=O)O)n1. The van der Waals surface area contributed by atoms with Crippen LogP contribution in [0.3, 0.4) is 0 Å². The second kappa shape index (κ2) is 4.03. The molecule has 4 aliphatic rings. The Bertz CT molecular complexity index is 547. The average Bonchev–Trinajstić information content (AvgIpc) is 2.36. The molecule has 0 unspecified atom stereocenters. The maximum atomic E-state index is 11.2. The van der Waals surface area contributed by atoms with E-state index in [4.69, 9.17) is 0 Å². The van der Waals surface area contributed by atoms with Crippen LogP contribution in [0, 0.1) is 24.7 Å². The van der Waals surface area contributed by atoms with Crippen molar-refractivity contribution in [1.29, 1.82) is 0 Å².